The summed E-state index contributed by atoms with van der Waals surface area (Å²) in [5.41, 5.74) is 7.47. The molecule has 2 aliphatic heterocycles. The molecule has 0 aromatic heterocycles. The van der Waals surface area contributed by atoms with Gasteiger partial charge in [-0.3, -0.25) is 0 Å². The molecular formula is C19H31N3O2. The van der Waals surface area contributed by atoms with Crippen molar-refractivity contribution in [2.45, 2.75) is 24.8 Å². The van der Waals surface area contributed by atoms with Crippen LogP contribution in [0, 0.1) is 0 Å². The normalized spacial score (nSPS) is 22.4. The summed E-state index contributed by atoms with van der Waals surface area (Å²) in [6, 6.07) is 8.33. The van der Waals surface area contributed by atoms with E-state index in [2.05, 4.69) is 41.1 Å². The first kappa shape index (κ1) is 17.7. The van der Waals surface area contributed by atoms with Gasteiger partial charge in [0.25, 0.3) is 0 Å². The molecule has 1 aromatic carbocycles. The molecule has 2 saturated heterocycles. The van der Waals surface area contributed by atoms with Gasteiger partial charge >= 0.3 is 0 Å². The van der Waals surface area contributed by atoms with Gasteiger partial charge < -0.3 is 25.0 Å². The van der Waals surface area contributed by atoms with Crippen LogP contribution in [0.1, 0.15) is 24.8 Å². The van der Waals surface area contributed by atoms with Crippen molar-refractivity contribution in [3.63, 3.8) is 0 Å². The van der Waals surface area contributed by atoms with Crippen LogP contribution in [-0.4, -0.2) is 69.4 Å². The molecule has 0 saturated carbocycles. The van der Waals surface area contributed by atoms with E-state index in [1.54, 1.807) is 0 Å². The topological polar surface area (TPSA) is 51.0 Å². The molecule has 2 aliphatic rings. The lowest BCUT2D eigenvalue weighted by Gasteiger charge is -2.34. The van der Waals surface area contributed by atoms with Gasteiger partial charge in [0, 0.05) is 51.5 Å². The van der Waals surface area contributed by atoms with Crippen LogP contribution in [0.3, 0.4) is 0 Å². The van der Waals surface area contributed by atoms with E-state index in [4.69, 9.17) is 15.2 Å². The predicted molar refractivity (Wildman–Crippen MR) is 96.4 cm³/mol. The van der Waals surface area contributed by atoms with Crippen molar-refractivity contribution in [1.82, 2.24) is 9.80 Å². The molecule has 24 heavy (non-hydrogen) atoms. The van der Waals surface area contributed by atoms with Crippen LogP contribution in [0.25, 0.3) is 0 Å². The molecule has 0 aliphatic carbocycles. The average Bonchev–Trinajstić information content (AvgIpc) is 2.61. The maximum atomic E-state index is 6.51. The number of rotatable bonds is 6. The summed E-state index contributed by atoms with van der Waals surface area (Å²) in [6.45, 7) is 8.09. The molecule has 5 nitrogen and oxygen atoms in total. The minimum atomic E-state index is -0.238. The molecule has 0 unspecified atom stereocenters. The van der Waals surface area contributed by atoms with Crippen molar-refractivity contribution in [3.8, 4) is 5.75 Å². The molecule has 134 valence electrons. The number of nitrogens with two attached hydrogens (primary N) is 1. The Morgan fingerprint density at radius 1 is 1.08 bits per heavy atom. The van der Waals surface area contributed by atoms with Crippen molar-refractivity contribution in [2.75, 3.05) is 59.6 Å². The molecule has 0 amide bonds. The van der Waals surface area contributed by atoms with Crippen LogP contribution in [-0.2, 0) is 10.3 Å². The Bertz CT molecular complexity index is 492. The quantitative estimate of drug-likeness (QED) is 0.803. The Hall–Kier alpha value is -1.14. The van der Waals surface area contributed by atoms with Gasteiger partial charge in [0.05, 0.1) is 6.61 Å². The first-order valence-corrected chi connectivity index (χ1v) is 9.17. The van der Waals surface area contributed by atoms with Crippen LogP contribution in [0.4, 0.5) is 0 Å². The largest absolute Gasteiger partial charge is 0.494 e. The monoisotopic (exact) mass is 333 g/mol. The highest BCUT2D eigenvalue weighted by atomic mass is 16.5. The maximum absolute atomic E-state index is 6.51. The molecule has 1 aromatic rings. The third-order valence-corrected chi connectivity index (χ3v) is 5.30. The van der Waals surface area contributed by atoms with E-state index in [0.717, 1.165) is 51.4 Å². The van der Waals surface area contributed by atoms with Crippen molar-refractivity contribution in [1.29, 1.82) is 0 Å². The molecule has 3 rings (SSSR count). The van der Waals surface area contributed by atoms with Gasteiger partial charge in [-0.05, 0) is 44.0 Å². The van der Waals surface area contributed by atoms with Crippen LogP contribution >= 0.6 is 0 Å². The second-order valence-corrected chi connectivity index (χ2v) is 7.14. The SMILES string of the molecule is CN1CCN(CCCOc2ccc(C3(N)CCOCC3)cc2)CC1. The lowest BCUT2D eigenvalue weighted by molar-refractivity contribution is 0.0522. The van der Waals surface area contributed by atoms with Gasteiger partial charge in [-0.25, -0.2) is 0 Å². The summed E-state index contributed by atoms with van der Waals surface area (Å²) in [5, 5.41) is 0. The number of nitrogens with zero attached hydrogens (tertiary/aromatic N) is 2. The predicted octanol–water partition coefficient (Wildman–Crippen LogP) is 1.67. The number of likely N-dealkylation sites (N-methyl/N-ethyl adjacent to an activating group) is 1. The zero-order chi connectivity index (χ0) is 16.8. The summed E-state index contributed by atoms with van der Waals surface area (Å²) in [6.07, 6.45) is 2.85. The Kier molecular flexibility index (Phi) is 6.11. The molecule has 0 bridgehead atoms. The minimum Gasteiger partial charge on any atom is -0.494 e. The van der Waals surface area contributed by atoms with Crippen LogP contribution in [0.5, 0.6) is 5.75 Å². The molecular weight excluding hydrogens is 302 g/mol. The van der Waals surface area contributed by atoms with Gasteiger partial charge in [0.15, 0.2) is 0 Å². The van der Waals surface area contributed by atoms with Crippen molar-refractivity contribution in [3.05, 3.63) is 29.8 Å². The standard InChI is InChI=1S/C19H31N3O2/c1-21-10-12-22(13-11-21)9-2-14-24-18-5-3-17(4-6-18)19(20)7-15-23-16-8-19/h3-6H,2,7-16,20H2,1H3. The summed E-state index contributed by atoms with van der Waals surface area (Å²) in [4.78, 5) is 4.91. The highest BCUT2D eigenvalue weighted by Crippen LogP contribution is 2.30. The molecule has 0 atom stereocenters. The molecule has 2 N–H and O–H groups in total. The zero-order valence-corrected chi connectivity index (χ0v) is 14.9. The Morgan fingerprint density at radius 2 is 1.75 bits per heavy atom. The lowest BCUT2D eigenvalue weighted by Crippen LogP contribution is -2.44. The van der Waals surface area contributed by atoms with Gasteiger partial charge in [-0.2, -0.15) is 0 Å². The number of benzene rings is 1. The lowest BCUT2D eigenvalue weighted by atomic mass is 9.84. The van der Waals surface area contributed by atoms with Crippen LogP contribution in [0.15, 0.2) is 24.3 Å². The van der Waals surface area contributed by atoms with E-state index in [-0.39, 0.29) is 5.54 Å². The summed E-state index contributed by atoms with van der Waals surface area (Å²) >= 11 is 0. The van der Waals surface area contributed by atoms with E-state index in [9.17, 15) is 0 Å². The number of ether oxygens (including phenoxy) is 2. The Balaban J connectivity index is 1.40. The highest BCUT2D eigenvalue weighted by Gasteiger charge is 2.29. The average molecular weight is 333 g/mol. The fraction of sp³-hybridized carbons (Fsp3) is 0.684. The van der Waals surface area contributed by atoms with E-state index in [1.807, 2.05) is 0 Å². The third-order valence-electron chi connectivity index (χ3n) is 5.30. The fourth-order valence-electron chi connectivity index (χ4n) is 3.46. The number of hydrogen-bond donors (Lipinski definition) is 1. The molecule has 0 spiro atoms. The third kappa shape index (κ3) is 4.70. The van der Waals surface area contributed by atoms with Crippen LogP contribution < -0.4 is 10.5 Å². The van der Waals surface area contributed by atoms with Crippen molar-refractivity contribution >= 4 is 0 Å². The van der Waals surface area contributed by atoms with E-state index in [1.165, 1.54) is 31.7 Å². The summed E-state index contributed by atoms with van der Waals surface area (Å²) < 4.78 is 11.3. The highest BCUT2D eigenvalue weighted by molar-refractivity contribution is 5.32. The maximum Gasteiger partial charge on any atom is 0.119 e. The zero-order valence-electron chi connectivity index (χ0n) is 14.9. The van der Waals surface area contributed by atoms with E-state index >= 15 is 0 Å². The van der Waals surface area contributed by atoms with Gasteiger partial charge in [-0.1, -0.05) is 12.1 Å². The summed E-state index contributed by atoms with van der Waals surface area (Å²) in [7, 11) is 2.19. The van der Waals surface area contributed by atoms with Crippen molar-refractivity contribution in [2.24, 2.45) is 5.73 Å². The molecule has 2 fully saturated rings. The summed E-state index contributed by atoms with van der Waals surface area (Å²) in [5.74, 6) is 0.938. The van der Waals surface area contributed by atoms with Gasteiger partial charge in [0.2, 0.25) is 0 Å². The first-order chi connectivity index (χ1) is 11.7. The molecule has 5 heteroatoms. The second-order valence-electron chi connectivity index (χ2n) is 7.14. The number of hydrogen-bond acceptors (Lipinski definition) is 5. The van der Waals surface area contributed by atoms with E-state index in [0.29, 0.717) is 0 Å². The fourth-order valence-corrected chi connectivity index (χ4v) is 3.46. The van der Waals surface area contributed by atoms with E-state index < -0.39 is 0 Å². The smallest absolute Gasteiger partial charge is 0.119 e. The number of piperazine rings is 1. The first-order valence-electron chi connectivity index (χ1n) is 9.17. The van der Waals surface area contributed by atoms with Crippen LogP contribution in [0.2, 0.25) is 0 Å². The Morgan fingerprint density at radius 3 is 2.42 bits per heavy atom. The second kappa shape index (κ2) is 8.30. The van der Waals surface area contributed by atoms with Gasteiger partial charge in [0.1, 0.15) is 5.75 Å². The van der Waals surface area contributed by atoms with Crippen molar-refractivity contribution < 1.29 is 9.47 Å². The Labute approximate surface area is 145 Å². The minimum absolute atomic E-state index is 0.238. The molecule has 0 radical (unpaired) electrons. The van der Waals surface area contributed by atoms with Gasteiger partial charge in [-0.15, -0.1) is 0 Å². The molecule has 2 heterocycles.